The first-order valence-electron chi connectivity index (χ1n) is 7.58. The number of benzene rings is 1. The number of halogens is 1. The van der Waals surface area contributed by atoms with E-state index in [9.17, 15) is 9.90 Å². The molecule has 0 heterocycles. The van der Waals surface area contributed by atoms with Gasteiger partial charge in [0, 0.05) is 17.1 Å². The molecule has 0 spiro atoms. The van der Waals surface area contributed by atoms with Crippen LogP contribution in [0.15, 0.2) is 22.7 Å². The second-order valence-corrected chi connectivity index (χ2v) is 6.52. The maximum absolute atomic E-state index is 12.8. The number of nitrogens with two attached hydrogens (primary N) is 1. The van der Waals surface area contributed by atoms with Gasteiger partial charge in [0.1, 0.15) is 5.75 Å². The van der Waals surface area contributed by atoms with Gasteiger partial charge in [-0.25, -0.2) is 0 Å². The lowest BCUT2D eigenvalue weighted by Gasteiger charge is -2.39. The molecule has 4 nitrogen and oxygen atoms in total. The molecule has 21 heavy (non-hydrogen) atoms. The van der Waals surface area contributed by atoms with Crippen molar-refractivity contribution in [2.45, 2.75) is 38.6 Å². The van der Waals surface area contributed by atoms with E-state index in [1.807, 2.05) is 11.8 Å². The molecule has 1 fully saturated rings. The first-order chi connectivity index (χ1) is 10.1. The SMILES string of the molecule is CCN(C(=O)c1cc(Br)ccc1O)C1CCCCC1CN. The lowest BCUT2D eigenvalue weighted by molar-refractivity contribution is 0.0557. The number of phenolic OH excluding ortho intramolecular Hbond substituents is 1. The zero-order valence-electron chi connectivity index (χ0n) is 12.4. The standard InChI is InChI=1S/C16H23BrN2O2/c1-2-19(14-6-4-3-5-11(14)10-18)16(21)13-9-12(17)7-8-15(13)20/h7-9,11,14,20H,2-6,10,18H2,1H3. The van der Waals surface area contributed by atoms with Crippen molar-refractivity contribution in [3.63, 3.8) is 0 Å². The Morgan fingerprint density at radius 3 is 2.81 bits per heavy atom. The minimum atomic E-state index is -0.110. The molecule has 1 aromatic rings. The monoisotopic (exact) mass is 354 g/mol. The molecule has 116 valence electrons. The van der Waals surface area contributed by atoms with E-state index in [-0.39, 0.29) is 17.7 Å². The summed E-state index contributed by atoms with van der Waals surface area (Å²) < 4.78 is 0.790. The molecule has 3 N–H and O–H groups in total. The number of hydrogen-bond donors (Lipinski definition) is 2. The van der Waals surface area contributed by atoms with Gasteiger partial charge in [-0.15, -0.1) is 0 Å². The van der Waals surface area contributed by atoms with Crippen LogP contribution in [-0.2, 0) is 0 Å². The number of carbonyl (C=O) groups excluding carboxylic acids is 1. The molecule has 0 aromatic heterocycles. The third-order valence-electron chi connectivity index (χ3n) is 4.36. The molecule has 2 atom stereocenters. The molecule has 0 saturated heterocycles. The number of hydrogen-bond acceptors (Lipinski definition) is 3. The fraction of sp³-hybridized carbons (Fsp3) is 0.562. The predicted molar refractivity (Wildman–Crippen MR) is 87.3 cm³/mol. The van der Waals surface area contributed by atoms with E-state index < -0.39 is 0 Å². The van der Waals surface area contributed by atoms with Gasteiger partial charge >= 0.3 is 0 Å². The van der Waals surface area contributed by atoms with E-state index in [0.29, 0.717) is 24.6 Å². The average molecular weight is 355 g/mol. The van der Waals surface area contributed by atoms with Crippen molar-refractivity contribution in [3.05, 3.63) is 28.2 Å². The van der Waals surface area contributed by atoms with E-state index >= 15 is 0 Å². The summed E-state index contributed by atoms with van der Waals surface area (Å²) >= 11 is 3.36. The number of aromatic hydroxyl groups is 1. The molecule has 1 aromatic carbocycles. The molecule has 1 amide bonds. The Bertz CT molecular complexity index is 507. The first kappa shape index (κ1) is 16.3. The fourth-order valence-electron chi connectivity index (χ4n) is 3.24. The molecule has 1 aliphatic carbocycles. The van der Waals surface area contributed by atoms with E-state index in [2.05, 4.69) is 15.9 Å². The van der Waals surface area contributed by atoms with Crippen LogP contribution < -0.4 is 5.73 Å². The molecule has 2 unspecified atom stereocenters. The van der Waals surface area contributed by atoms with Gasteiger partial charge in [-0.2, -0.15) is 0 Å². The summed E-state index contributed by atoms with van der Waals surface area (Å²) in [4.78, 5) is 14.7. The van der Waals surface area contributed by atoms with Crippen LogP contribution in [0, 0.1) is 5.92 Å². The van der Waals surface area contributed by atoms with E-state index in [1.54, 1.807) is 18.2 Å². The Morgan fingerprint density at radius 1 is 1.43 bits per heavy atom. The van der Waals surface area contributed by atoms with Crippen LogP contribution in [0.5, 0.6) is 5.75 Å². The normalized spacial score (nSPS) is 22.0. The van der Waals surface area contributed by atoms with Crippen LogP contribution in [0.3, 0.4) is 0 Å². The number of phenols is 1. The molecule has 5 heteroatoms. The molecule has 1 saturated carbocycles. The first-order valence-corrected chi connectivity index (χ1v) is 8.37. The van der Waals surface area contributed by atoms with Crippen LogP contribution in [0.25, 0.3) is 0 Å². The molecule has 0 aliphatic heterocycles. The minimum Gasteiger partial charge on any atom is -0.507 e. The van der Waals surface area contributed by atoms with E-state index in [4.69, 9.17) is 5.73 Å². The summed E-state index contributed by atoms with van der Waals surface area (Å²) in [7, 11) is 0. The summed E-state index contributed by atoms with van der Waals surface area (Å²) in [6.07, 6.45) is 4.40. The molecule has 1 aliphatic rings. The number of amides is 1. The zero-order chi connectivity index (χ0) is 15.4. The second kappa shape index (κ2) is 7.27. The average Bonchev–Trinajstić information content (AvgIpc) is 2.50. The molecule has 0 radical (unpaired) electrons. The summed E-state index contributed by atoms with van der Waals surface area (Å²) in [6, 6.07) is 5.14. The van der Waals surface area contributed by atoms with E-state index in [0.717, 1.165) is 23.7 Å². The van der Waals surface area contributed by atoms with Gasteiger partial charge in [-0.05, 0) is 50.4 Å². The highest BCUT2D eigenvalue weighted by molar-refractivity contribution is 9.10. The lowest BCUT2D eigenvalue weighted by atomic mass is 9.83. The van der Waals surface area contributed by atoms with Crippen molar-refractivity contribution in [1.82, 2.24) is 4.90 Å². The third kappa shape index (κ3) is 3.58. The number of rotatable bonds is 4. The summed E-state index contributed by atoms with van der Waals surface area (Å²) in [5.41, 5.74) is 6.24. The van der Waals surface area contributed by atoms with Gasteiger partial charge in [-0.3, -0.25) is 4.79 Å². The van der Waals surface area contributed by atoms with E-state index in [1.165, 1.54) is 6.42 Å². The lowest BCUT2D eigenvalue weighted by Crippen LogP contribution is -2.48. The summed E-state index contributed by atoms with van der Waals surface area (Å²) in [5.74, 6) is 0.278. The third-order valence-corrected chi connectivity index (χ3v) is 4.86. The highest BCUT2D eigenvalue weighted by atomic mass is 79.9. The molecular formula is C16H23BrN2O2. The van der Waals surface area contributed by atoms with Gasteiger partial charge in [0.2, 0.25) is 0 Å². The van der Waals surface area contributed by atoms with Crippen LogP contribution >= 0.6 is 15.9 Å². The van der Waals surface area contributed by atoms with Crippen molar-refractivity contribution in [1.29, 1.82) is 0 Å². The highest BCUT2D eigenvalue weighted by Gasteiger charge is 2.32. The van der Waals surface area contributed by atoms with Gasteiger partial charge in [0.15, 0.2) is 0 Å². The fourth-order valence-corrected chi connectivity index (χ4v) is 3.60. The zero-order valence-corrected chi connectivity index (χ0v) is 14.0. The van der Waals surface area contributed by atoms with Gasteiger partial charge < -0.3 is 15.7 Å². The van der Waals surface area contributed by atoms with Crippen molar-refractivity contribution < 1.29 is 9.90 Å². The Morgan fingerprint density at radius 2 is 2.14 bits per heavy atom. The van der Waals surface area contributed by atoms with Crippen molar-refractivity contribution in [3.8, 4) is 5.75 Å². The highest BCUT2D eigenvalue weighted by Crippen LogP contribution is 2.31. The largest absolute Gasteiger partial charge is 0.507 e. The number of nitrogens with zero attached hydrogens (tertiary/aromatic N) is 1. The molecule has 0 bridgehead atoms. The number of carbonyl (C=O) groups is 1. The maximum atomic E-state index is 12.8. The molecular weight excluding hydrogens is 332 g/mol. The summed E-state index contributed by atoms with van der Waals surface area (Å²) in [6.45, 7) is 3.22. The maximum Gasteiger partial charge on any atom is 0.257 e. The van der Waals surface area contributed by atoms with Crippen LogP contribution in [0.4, 0.5) is 0 Å². The van der Waals surface area contributed by atoms with Gasteiger partial charge in [0.25, 0.3) is 5.91 Å². The Labute approximate surface area is 134 Å². The minimum absolute atomic E-state index is 0.0294. The Kier molecular flexibility index (Phi) is 5.65. The van der Waals surface area contributed by atoms with Crippen molar-refractivity contribution >= 4 is 21.8 Å². The smallest absolute Gasteiger partial charge is 0.257 e. The van der Waals surface area contributed by atoms with Crippen molar-refractivity contribution in [2.75, 3.05) is 13.1 Å². The van der Waals surface area contributed by atoms with Crippen molar-refractivity contribution in [2.24, 2.45) is 11.7 Å². The Balaban J connectivity index is 2.27. The quantitative estimate of drug-likeness (QED) is 0.872. The molecule has 2 rings (SSSR count). The predicted octanol–water partition coefficient (Wildman–Crippen LogP) is 3.13. The summed E-state index contributed by atoms with van der Waals surface area (Å²) in [5, 5.41) is 9.98. The second-order valence-electron chi connectivity index (χ2n) is 5.60. The van der Waals surface area contributed by atoms with Gasteiger partial charge in [0.05, 0.1) is 5.56 Å². The van der Waals surface area contributed by atoms with Crippen LogP contribution in [-0.4, -0.2) is 35.0 Å². The Hall–Kier alpha value is -1.07. The topological polar surface area (TPSA) is 66.6 Å². The van der Waals surface area contributed by atoms with Gasteiger partial charge in [-0.1, -0.05) is 28.8 Å². The van der Waals surface area contributed by atoms with Crippen LogP contribution in [0.2, 0.25) is 0 Å². The van der Waals surface area contributed by atoms with Crippen LogP contribution in [0.1, 0.15) is 43.0 Å².